The first kappa shape index (κ1) is 12.2. The maximum absolute atomic E-state index is 12.0. The van der Waals surface area contributed by atoms with Crippen LogP contribution in [0.4, 0.5) is 0 Å². The van der Waals surface area contributed by atoms with Crippen molar-refractivity contribution in [3.63, 3.8) is 0 Å². The van der Waals surface area contributed by atoms with E-state index < -0.39 is 0 Å². The minimum absolute atomic E-state index is 0.0269. The number of hydrogen-bond acceptors (Lipinski definition) is 3. The van der Waals surface area contributed by atoms with Crippen LogP contribution in [-0.4, -0.2) is 19.5 Å². The van der Waals surface area contributed by atoms with Crippen molar-refractivity contribution in [2.75, 3.05) is 13.7 Å². The normalized spacial score (nSPS) is 9.83. The van der Waals surface area contributed by atoms with E-state index in [4.69, 9.17) is 9.47 Å². The van der Waals surface area contributed by atoms with Crippen LogP contribution < -0.4 is 9.47 Å². The summed E-state index contributed by atoms with van der Waals surface area (Å²) in [6.45, 7) is -0.0269. The summed E-state index contributed by atoms with van der Waals surface area (Å²) in [6, 6.07) is 17.2. The van der Waals surface area contributed by atoms with E-state index in [9.17, 15) is 4.79 Å². The highest BCUT2D eigenvalue weighted by Gasteiger charge is 2.11. The van der Waals surface area contributed by atoms with Crippen molar-refractivity contribution in [1.29, 1.82) is 0 Å². The van der Waals surface area contributed by atoms with Crippen LogP contribution in [0, 0.1) is 6.07 Å². The van der Waals surface area contributed by atoms with Gasteiger partial charge in [-0.15, -0.1) is 0 Å². The number of carbonyl (C=O) groups excluding carboxylic acids is 1. The van der Waals surface area contributed by atoms with Gasteiger partial charge in [0, 0.05) is 6.07 Å². The molecule has 2 aromatic carbocycles. The molecule has 0 fully saturated rings. The first-order chi connectivity index (χ1) is 8.81. The molecule has 0 atom stereocenters. The monoisotopic (exact) mass is 241 g/mol. The molecule has 1 radical (unpaired) electrons. The summed E-state index contributed by atoms with van der Waals surface area (Å²) in [6.07, 6.45) is 0. The summed E-state index contributed by atoms with van der Waals surface area (Å²) in [5.41, 5.74) is 0.524. The number of Topliss-reactive ketones (excluding diaryl/α,β-unsaturated/α-hetero) is 1. The van der Waals surface area contributed by atoms with E-state index in [1.54, 1.807) is 30.3 Å². The molecule has 3 heteroatoms. The quantitative estimate of drug-likeness (QED) is 0.755. The van der Waals surface area contributed by atoms with Crippen molar-refractivity contribution in [1.82, 2.24) is 0 Å². The number of methoxy groups -OCH3 is 1. The van der Waals surface area contributed by atoms with Crippen molar-refractivity contribution in [3.8, 4) is 11.5 Å². The predicted octanol–water partition coefficient (Wildman–Crippen LogP) is 2.76. The van der Waals surface area contributed by atoms with Gasteiger partial charge in [-0.25, -0.2) is 0 Å². The molecular weight excluding hydrogens is 228 g/mol. The molecule has 0 bridgehead atoms. The largest absolute Gasteiger partial charge is 0.496 e. The zero-order valence-corrected chi connectivity index (χ0v) is 10.1. The predicted molar refractivity (Wildman–Crippen MR) is 68.1 cm³/mol. The van der Waals surface area contributed by atoms with Crippen LogP contribution in [0.15, 0.2) is 48.5 Å². The minimum Gasteiger partial charge on any atom is -0.496 e. The number of rotatable bonds is 5. The molecule has 0 aromatic heterocycles. The molecule has 3 nitrogen and oxygen atoms in total. The molecular formula is C15H13O3. The standard InChI is InChI=1S/C15H13O3/c1-17-15-10-6-5-9-13(15)14(16)11-18-12-7-3-2-4-8-12/h2-7,9-10H,11H2,1H3. The second-order valence-corrected chi connectivity index (χ2v) is 3.64. The Labute approximate surface area is 106 Å². The highest BCUT2D eigenvalue weighted by molar-refractivity contribution is 5.99. The Kier molecular flexibility index (Phi) is 3.97. The maximum atomic E-state index is 12.0. The average Bonchev–Trinajstić information content (AvgIpc) is 2.45. The number of ketones is 1. The van der Waals surface area contributed by atoms with Crippen molar-refractivity contribution in [2.24, 2.45) is 0 Å². The third-order valence-corrected chi connectivity index (χ3v) is 2.45. The van der Waals surface area contributed by atoms with Crippen LogP contribution in [0.5, 0.6) is 11.5 Å². The SMILES string of the molecule is COc1ccccc1C(=O)COc1[c]cccc1. The van der Waals surface area contributed by atoms with Crippen LogP contribution in [-0.2, 0) is 0 Å². The third kappa shape index (κ3) is 2.88. The van der Waals surface area contributed by atoms with Crippen LogP contribution in [0.25, 0.3) is 0 Å². The Bertz CT molecular complexity index is 520. The lowest BCUT2D eigenvalue weighted by Gasteiger charge is -2.08. The summed E-state index contributed by atoms with van der Waals surface area (Å²) in [5, 5.41) is 0. The molecule has 0 heterocycles. The Hall–Kier alpha value is -2.29. The first-order valence-corrected chi connectivity index (χ1v) is 5.57. The summed E-state index contributed by atoms with van der Waals surface area (Å²) in [4.78, 5) is 12.0. The lowest BCUT2D eigenvalue weighted by Crippen LogP contribution is -2.12. The van der Waals surface area contributed by atoms with E-state index in [-0.39, 0.29) is 12.4 Å². The van der Waals surface area contributed by atoms with Gasteiger partial charge in [0.25, 0.3) is 0 Å². The average molecular weight is 241 g/mol. The first-order valence-electron chi connectivity index (χ1n) is 5.57. The number of hydrogen-bond donors (Lipinski definition) is 0. The molecule has 0 N–H and O–H groups in total. The third-order valence-electron chi connectivity index (χ3n) is 2.45. The van der Waals surface area contributed by atoms with E-state index in [1.807, 2.05) is 18.2 Å². The van der Waals surface area contributed by atoms with Gasteiger partial charge < -0.3 is 9.47 Å². The van der Waals surface area contributed by atoms with Gasteiger partial charge in [-0.2, -0.15) is 0 Å². The Morgan fingerprint density at radius 3 is 2.67 bits per heavy atom. The lowest BCUT2D eigenvalue weighted by molar-refractivity contribution is 0.0918. The molecule has 0 saturated heterocycles. The minimum atomic E-state index is -0.121. The lowest BCUT2D eigenvalue weighted by atomic mass is 10.1. The van der Waals surface area contributed by atoms with E-state index in [1.165, 1.54) is 7.11 Å². The van der Waals surface area contributed by atoms with Gasteiger partial charge in [0.05, 0.1) is 12.7 Å². The van der Waals surface area contributed by atoms with E-state index in [0.29, 0.717) is 17.1 Å². The topological polar surface area (TPSA) is 35.5 Å². The molecule has 2 aromatic rings. The van der Waals surface area contributed by atoms with Crippen LogP contribution in [0.3, 0.4) is 0 Å². The van der Waals surface area contributed by atoms with Crippen molar-refractivity contribution >= 4 is 5.78 Å². The Morgan fingerprint density at radius 1 is 1.17 bits per heavy atom. The fourth-order valence-corrected chi connectivity index (χ4v) is 1.56. The number of para-hydroxylation sites is 2. The van der Waals surface area contributed by atoms with Gasteiger partial charge in [0.2, 0.25) is 5.78 Å². The fourth-order valence-electron chi connectivity index (χ4n) is 1.56. The molecule has 0 aliphatic rings. The van der Waals surface area contributed by atoms with Crippen molar-refractivity contribution in [3.05, 3.63) is 60.2 Å². The summed E-state index contributed by atoms with van der Waals surface area (Å²) in [7, 11) is 1.54. The number of benzene rings is 2. The number of ether oxygens (including phenoxy) is 2. The molecule has 0 saturated carbocycles. The second kappa shape index (κ2) is 5.87. The Morgan fingerprint density at radius 2 is 1.94 bits per heavy atom. The molecule has 0 aliphatic carbocycles. The second-order valence-electron chi connectivity index (χ2n) is 3.64. The van der Waals surface area contributed by atoms with Gasteiger partial charge in [-0.05, 0) is 18.2 Å². The van der Waals surface area contributed by atoms with Crippen LogP contribution in [0.2, 0.25) is 0 Å². The van der Waals surface area contributed by atoms with Gasteiger partial charge >= 0.3 is 0 Å². The summed E-state index contributed by atoms with van der Waals surface area (Å²) < 4.78 is 10.5. The van der Waals surface area contributed by atoms with Gasteiger partial charge in [0.1, 0.15) is 11.5 Å². The van der Waals surface area contributed by atoms with E-state index in [0.717, 1.165) is 0 Å². The molecule has 0 unspecified atom stereocenters. The van der Waals surface area contributed by atoms with Crippen molar-refractivity contribution in [2.45, 2.75) is 0 Å². The van der Waals surface area contributed by atoms with Crippen molar-refractivity contribution < 1.29 is 14.3 Å². The molecule has 0 aliphatic heterocycles. The summed E-state index contributed by atoms with van der Waals surface area (Å²) >= 11 is 0. The highest BCUT2D eigenvalue weighted by Crippen LogP contribution is 2.18. The van der Waals surface area contributed by atoms with Gasteiger partial charge in [-0.3, -0.25) is 4.79 Å². The molecule has 91 valence electrons. The van der Waals surface area contributed by atoms with Gasteiger partial charge in [0.15, 0.2) is 6.61 Å². The van der Waals surface area contributed by atoms with Crippen LogP contribution >= 0.6 is 0 Å². The van der Waals surface area contributed by atoms with E-state index >= 15 is 0 Å². The molecule has 0 amide bonds. The maximum Gasteiger partial charge on any atom is 0.203 e. The van der Waals surface area contributed by atoms with Crippen LogP contribution in [0.1, 0.15) is 10.4 Å². The smallest absolute Gasteiger partial charge is 0.203 e. The zero-order valence-electron chi connectivity index (χ0n) is 10.1. The molecule has 0 spiro atoms. The van der Waals surface area contributed by atoms with E-state index in [2.05, 4.69) is 6.07 Å². The fraction of sp³-hybridized carbons (Fsp3) is 0.133. The molecule has 2 rings (SSSR count). The highest BCUT2D eigenvalue weighted by atomic mass is 16.5. The van der Waals surface area contributed by atoms with Gasteiger partial charge in [-0.1, -0.05) is 30.3 Å². The number of carbonyl (C=O) groups is 1. The molecule has 18 heavy (non-hydrogen) atoms. The summed E-state index contributed by atoms with van der Waals surface area (Å²) in [5.74, 6) is 0.994. The Balaban J connectivity index is 2.04. The zero-order chi connectivity index (χ0) is 12.8.